The first kappa shape index (κ1) is 8.48. The maximum Gasteiger partial charge on any atom is 0.313 e. The highest BCUT2D eigenvalue weighted by Crippen LogP contribution is 2.66. The minimum Gasteiger partial charge on any atom is -0.481 e. The molecule has 3 saturated carbocycles. The molecule has 0 aromatic rings. The lowest BCUT2D eigenvalue weighted by molar-refractivity contribution is -0.163. The van der Waals surface area contributed by atoms with Crippen LogP contribution in [0.1, 0.15) is 26.2 Å². The fourth-order valence-electron chi connectivity index (χ4n) is 3.60. The number of carboxylic acids is 1. The summed E-state index contributed by atoms with van der Waals surface area (Å²) in [5, 5.41) is 19.2. The van der Waals surface area contributed by atoms with Gasteiger partial charge < -0.3 is 10.2 Å². The highest BCUT2D eigenvalue weighted by atomic mass is 16.4. The molecular weight excluding hydrogens is 180 g/mol. The van der Waals surface area contributed by atoms with E-state index in [0.29, 0.717) is 12.3 Å². The van der Waals surface area contributed by atoms with Crippen molar-refractivity contribution in [3.63, 3.8) is 0 Å². The standard InChI is InChI=1S/C11H14O3/c1-10(14)5-8-6-2-7(10)4-11(8,3-6)9(12)13/h5-7,14H,2-4H2,1H3,(H,12,13)/t6?,7-,10+,11?/m0/s1. The molecule has 0 spiro atoms. The maximum absolute atomic E-state index is 11.2. The Balaban J connectivity index is 2.10. The Hall–Kier alpha value is -0.830. The zero-order valence-corrected chi connectivity index (χ0v) is 8.16. The van der Waals surface area contributed by atoms with Crippen LogP contribution in [0.3, 0.4) is 0 Å². The van der Waals surface area contributed by atoms with E-state index in [0.717, 1.165) is 18.4 Å². The summed E-state index contributed by atoms with van der Waals surface area (Å²) in [6.07, 6.45) is 4.22. The topological polar surface area (TPSA) is 57.5 Å². The quantitative estimate of drug-likeness (QED) is 0.616. The summed E-state index contributed by atoms with van der Waals surface area (Å²) in [4.78, 5) is 11.2. The molecule has 0 aromatic carbocycles. The zero-order chi connectivity index (χ0) is 10.1. The lowest BCUT2D eigenvalue weighted by atomic mass is 9.42. The van der Waals surface area contributed by atoms with Crippen LogP contribution in [0.5, 0.6) is 0 Å². The van der Waals surface area contributed by atoms with Crippen LogP contribution in [-0.2, 0) is 4.79 Å². The van der Waals surface area contributed by atoms with Gasteiger partial charge in [0.2, 0.25) is 0 Å². The van der Waals surface area contributed by atoms with E-state index in [1.54, 1.807) is 6.92 Å². The van der Waals surface area contributed by atoms with Gasteiger partial charge >= 0.3 is 5.97 Å². The van der Waals surface area contributed by atoms with Crippen molar-refractivity contribution in [2.75, 3.05) is 0 Å². The number of hydrogen-bond donors (Lipinski definition) is 2. The Kier molecular flexibility index (Phi) is 1.25. The predicted molar refractivity (Wildman–Crippen MR) is 49.6 cm³/mol. The molecule has 4 atom stereocenters. The predicted octanol–water partition coefficient (Wildman–Crippen LogP) is 1.18. The molecule has 3 fully saturated rings. The van der Waals surface area contributed by atoms with Crippen molar-refractivity contribution in [1.29, 1.82) is 0 Å². The van der Waals surface area contributed by atoms with Gasteiger partial charge in [-0.2, -0.15) is 0 Å². The number of rotatable bonds is 1. The maximum atomic E-state index is 11.2. The van der Waals surface area contributed by atoms with Crippen molar-refractivity contribution in [3.05, 3.63) is 11.6 Å². The van der Waals surface area contributed by atoms with Crippen molar-refractivity contribution in [3.8, 4) is 0 Å². The summed E-state index contributed by atoms with van der Waals surface area (Å²) in [5.74, 6) is -0.0971. The number of fused-ring (bicyclic) bond motifs is 1. The average molecular weight is 194 g/mol. The van der Waals surface area contributed by atoms with Gasteiger partial charge in [0.1, 0.15) is 0 Å². The van der Waals surface area contributed by atoms with Gasteiger partial charge in [0.05, 0.1) is 11.0 Å². The van der Waals surface area contributed by atoms with Crippen LogP contribution in [0, 0.1) is 17.3 Å². The fourth-order valence-corrected chi connectivity index (χ4v) is 3.60. The fraction of sp³-hybridized carbons (Fsp3) is 0.727. The Morgan fingerprint density at radius 2 is 2.29 bits per heavy atom. The van der Waals surface area contributed by atoms with E-state index in [9.17, 15) is 15.0 Å². The molecule has 3 nitrogen and oxygen atoms in total. The third kappa shape index (κ3) is 0.716. The zero-order valence-electron chi connectivity index (χ0n) is 8.16. The molecule has 3 heteroatoms. The Bertz CT molecular complexity index is 356. The van der Waals surface area contributed by atoms with Gasteiger partial charge in [0, 0.05) is 0 Å². The molecule has 0 heterocycles. The first-order chi connectivity index (χ1) is 6.46. The van der Waals surface area contributed by atoms with E-state index in [4.69, 9.17) is 0 Å². The first-order valence-corrected chi connectivity index (χ1v) is 5.15. The summed E-state index contributed by atoms with van der Waals surface area (Å²) in [6, 6.07) is 0. The van der Waals surface area contributed by atoms with Crippen molar-refractivity contribution in [1.82, 2.24) is 0 Å². The van der Waals surface area contributed by atoms with Crippen LogP contribution in [0.2, 0.25) is 0 Å². The molecule has 0 radical (unpaired) electrons. The van der Waals surface area contributed by atoms with Crippen molar-refractivity contribution in [2.45, 2.75) is 31.8 Å². The minimum absolute atomic E-state index is 0.148. The number of aliphatic carboxylic acids is 1. The third-order valence-corrected chi connectivity index (χ3v) is 4.43. The van der Waals surface area contributed by atoms with Gasteiger partial charge in [-0.3, -0.25) is 4.79 Å². The highest BCUT2D eigenvalue weighted by Gasteiger charge is 2.64. The van der Waals surface area contributed by atoms with Crippen molar-refractivity contribution in [2.24, 2.45) is 17.3 Å². The SMILES string of the molecule is C[C@@]1(O)C=C2C3C[C@H]1CC2(C(=O)O)C3. The summed E-state index contributed by atoms with van der Waals surface area (Å²) in [7, 11) is 0. The number of aliphatic hydroxyl groups is 1. The lowest BCUT2D eigenvalue weighted by Gasteiger charge is -2.61. The van der Waals surface area contributed by atoms with Crippen LogP contribution in [0.4, 0.5) is 0 Å². The second kappa shape index (κ2) is 2.06. The van der Waals surface area contributed by atoms with E-state index in [2.05, 4.69) is 0 Å². The lowest BCUT2D eigenvalue weighted by Crippen LogP contribution is -2.60. The molecular formula is C11H14O3. The Morgan fingerprint density at radius 1 is 1.57 bits per heavy atom. The van der Waals surface area contributed by atoms with Gasteiger partial charge in [-0.1, -0.05) is 11.6 Å². The summed E-state index contributed by atoms with van der Waals surface area (Å²) >= 11 is 0. The van der Waals surface area contributed by atoms with E-state index >= 15 is 0 Å². The molecule has 0 saturated heterocycles. The molecule has 2 unspecified atom stereocenters. The van der Waals surface area contributed by atoms with Crippen LogP contribution in [0.15, 0.2) is 11.6 Å². The second-order valence-electron chi connectivity index (χ2n) is 5.25. The van der Waals surface area contributed by atoms with Gasteiger partial charge in [0.15, 0.2) is 0 Å². The van der Waals surface area contributed by atoms with Gasteiger partial charge in [-0.25, -0.2) is 0 Å². The molecule has 5 aliphatic rings. The summed E-state index contributed by atoms with van der Waals surface area (Å²) in [6.45, 7) is 1.80. The minimum atomic E-state index is -0.759. The summed E-state index contributed by atoms with van der Waals surface area (Å²) in [5.41, 5.74) is -0.349. The largest absolute Gasteiger partial charge is 0.481 e. The van der Waals surface area contributed by atoms with Crippen LogP contribution in [-0.4, -0.2) is 21.8 Å². The number of carboxylic acid groups (broad SMARTS) is 1. The van der Waals surface area contributed by atoms with E-state index in [1.807, 2.05) is 6.08 Å². The molecule has 4 bridgehead atoms. The molecule has 2 N–H and O–H groups in total. The average Bonchev–Trinajstić information content (AvgIpc) is 2.11. The van der Waals surface area contributed by atoms with Gasteiger partial charge in [-0.05, 0) is 38.0 Å². The third-order valence-electron chi connectivity index (χ3n) is 4.43. The van der Waals surface area contributed by atoms with Gasteiger partial charge in [-0.15, -0.1) is 0 Å². The smallest absolute Gasteiger partial charge is 0.313 e. The first-order valence-electron chi connectivity index (χ1n) is 5.15. The monoisotopic (exact) mass is 194 g/mol. The highest BCUT2D eigenvalue weighted by molar-refractivity contribution is 5.82. The molecule has 0 amide bonds. The molecule has 14 heavy (non-hydrogen) atoms. The van der Waals surface area contributed by atoms with E-state index < -0.39 is 17.0 Å². The van der Waals surface area contributed by atoms with Crippen LogP contribution < -0.4 is 0 Å². The normalized spacial score (nSPS) is 53.7. The van der Waals surface area contributed by atoms with Crippen molar-refractivity contribution >= 4 is 5.97 Å². The summed E-state index contributed by atoms with van der Waals surface area (Å²) < 4.78 is 0. The van der Waals surface area contributed by atoms with Crippen molar-refractivity contribution < 1.29 is 15.0 Å². The number of carbonyl (C=O) groups is 1. The van der Waals surface area contributed by atoms with Gasteiger partial charge in [0.25, 0.3) is 0 Å². The molecule has 0 aromatic heterocycles. The Labute approximate surface area is 82.4 Å². The molecule has 5 rings (SSSR count). The molecule has 5 aliphatic carbocycles. The number of hydrogen-bond acceptors (Lipinski definition) is 2. The second-order valence-corrected chi connectivity index (χ2v) is 5.25. The Morgan fingerprint density at radius 3 is 2.79 bits per heavy atom. The van der Waals surface area contributed by atoms with Crippen LogP contribution in [0.25, 0.3) is 0 Å². The van der Waals surface area contributed by atoms with E-state index in [1.165, 1.54) is 0 Å². The molecule has 76 valence electrons. The molecule has 0 aliphatic heterocycles. The van der Waals surface area contributed by atoms with Crippen LogP contribution >= 0.6 is 0 Å². The van der Waals surface area contributed by atoms with E-state index in [-0.39, 0.29) is 5.92 Å².